The average molecular weight is 284 g/mol. The Bertz CT molecular complexity index is 403. The first-order chi connectivity index (χ1) is 9.91. The Hall–Kier alpha value is -0.715. The molecular weight excluding hydrogens is 251 g/mol. The Kier molecular flexibility index (Phi) is 5.57. The zero-order valence-corrected chi connectivity index (χ0v) is 14.8. The summed E-state index contributed by atoms with van der Waals surface area (Å²) in [6, 6.07) is 11.3. The quantitative estimate of drug-likeness (QED) is 0.640. The van der Waals surface area contributed by atoms with E-state index in [4.69, 9.17) is 0 Å². The zero-order chi connectivity index (χ0) is 15.6. The van der Waals surface area contributed by atoms with Gasteiger partial charge in [-0.05, 0) is 11.8 Å². The predicted octanol–water partition coefficient (Wildman–Crippen LogP) is 5.51. The first-order valence-electron chi connectivity index (χ1n) is 8.96. The maximum atomic E-state index is 2.43. The lowest BCUT2D eigenvalue weighted by Gasteiger charge is -2.45. The molecule has 1 aliphatic heterocycles. The predicted molar refractivity (Wildman–Crippen MR) is 96.6 cm³/mol. The third-order valence-electron chi connectivity index (χ3n) is 5.91. The molecule has 0 N–H and O–H groups in total. The summed E-state index contributed by atoms with van der Waals surface area (Å²) in [5.41, 5.74) is 1.58. The van der Waals surface area contributed by atoms with E-state index in [9.17, 15) is 0 Å². The molecule has 0 spiro atoms. The molecule has 1 fully saturated rings. The SMILES string of the molecule is CC(C)C1CC(C(C)C)B(c2ccccc2)C(C(C)C)C1. The first-order valence-corrected chi connectivity index (χ1v) is 8.96. The van der Waals surface area contributed by atoms with Crippen LogP contribution in [0.2, 0.25) is 11.6 Å². The van der Waals surface area contributed by atoms with E-state index < -0.39 is 0 Å². The van der Waals surface area contributed by atoms with Crippen LogP contribution in [0.5, 0.6) is 0 Å². The molecule has 1 saturated heterocycles. The minimum absolute atomic E-state index is 0.751. The fourth-order valence-electron chi connectivity index (χ4n) is 4.49. The van der Waals surface area contributed by atoms with Gasteiger partial charge in [0.25, 0.3) is 0 Å². The van der Waals surface area contributed by atoms with E-state index >= 15 is 0 Å². The molecule has 21 heavy (non-hydrogen) atoms. The molecule has 1 heteroatoms. The van der Waals surface area contributed by atoms with E-state index in [-0.39, 0.29) is 0 Å². The van der Waals surface area contributed by atoms with Crippen LogP contribution in [0, 0.1) is 23.7 Å². The lowest BCUT2D eigenvalue weighted by molar-refractivity contribution is 0.266. The van der Waals surface area contributed by atoms with Crippen LogP contribution < -0.4 is 5.46 Å². The van der Waals surface area contributed by atoms with Gasteiger partial charge < -0.3 is 0 Å². The normalized spacial score (nSPS) is 26.9. The van der Waals surface area contributed by atoms with Crippen molar-refractivity contribution in [2.75, 3.05) is 0 Å². The largest absolute Gasteiger partial charge is 0.182 e. The molecule has 1 aliphatic rings. The number of benzene rings is 1. The molecule has 2 unspecified atom stereocenters. The van der Waals surface area contributed by atoms with Crippen LogP contribution in [0.4, 0.5) is 0 Å². The molecule has 0 nitrogen and oxygen atoms in total. The lowest BCUT2D eigenvalue weighted by atomic mass is 9.23. The summed E-state index contributed by atoms with van der Waals surface area (Å²) in [6.07, 6.45) is 2.83. The molecule has 2 atom stereocenters. The Labute approximate surface area is 132 Å². The van der Waals surface area contributed by atoms with Crippen molar-refractivity contribution in [3.8, 4) is 0 Å². The van der Waals surface area contributed by atoms with Crippen molar-refractivity contribution in [3.63, 3.8) is 0 Å². The van der Waals surface area contributed by atoms with E-state index in [1.54, 1.807) is 5.46 Å². The zero-order valence-electron chi connectivity index (χ0n) is 14.8. The fourth-order valence-corrected chi connectivity index (χ4v) is 4.49. The van der Waals surface area contributed by atoms with Crippen LogP contribution >= 0.6 is 0 Å². The monoisotopic (exact) mass is 284 g/mol. The molecule has 116 valence electrons. The van der Waals surface area contributed by atoms with Crippen molar-refractivity contribution in [2.24, 2.45) is 23.7 Å². The van der Waals surface area contributed by atoms with Crippen LogP contribution in [0.25, 0.3) is 0 Å². The van der Waals surface area contributed by atoms with Crippen LogP contribution in [0.15, 0.2) is 30.3 Å². The topological polar surface area (TPSA) is 0 Å². The Morgan fingerprint density at radius 3 is 1.62 bits per heavy atom. The van der Waals surface area contributed by atoms with E-state index in [1.807, 2.05) is 0 Å². The molecule has 0 aliphatic carbocycles. The first kappa shape index (κ1) is 16.7. The highest BCUT2D eigenvalue weighted by atomic mass is 14.3. The van der Waals surface area contributed by atoms with Crippen LogP contribution in [0.1, 0.15) is 54.4 Å². The minimum atomic E-state index is 0.751. The van der Waals surface area contributed by atoms with E-state index in [2.05, 4.69) is 71.9 Å². The van der Waals surface area contributed by atoms with E-state index in [0.717, 1.165) is 42.0 Å². The highest BCUT2D eigenvalue weighted by Crippen LogP contribution is 2.48. The molecule has 0 bridgehead atoms. The molecule has 0 amide bonds. The van der Waals surface area contributed by atoms with Crippen molar-refractivity contribution >= 4 is 12.2 Å². The maximum Gasteiger partial charge on any atom is 0.182 e. The van der Waals surface area contributed by atoms with Crippen LogP contribution in [-0.4, -0.2) is 6.71 Å². The molecule has 1 heterocycles. The third kappa shape index (κ3) is 3.73. The molecule has 0 saturated carbocycles. The van der Waals surface area contributed by atoms with Crippen molar-refractivity contribution in [3.05, 3.63) is 30.3 Å². The summed E-state index contributed by atoms with van der Waals surface area (Å²) in [6.45, 7) is 15.3. The van der Waals surface area contributed by atoms with Gasteiger partial charge in [0.1, 0.15) is 0 Å². The van der Waals surface area contributed by atoms with Gasteiger partial charge in [-0.1, -0.05) is 114 Å². The van der Waals surface area contributed by atoms with Gasteiger partial charge in [0.15, 0.2) is 6.71 Å². The molecule has 0 radical (unpaired) electrons. The van der Waals surface area contributed by atoms with Gasteiger partial charge in [0, 0.05) is 0 Å². The van der Waals surface area contributed by atoms with Crippen molar-refractivity contribution in [1.29, 1.82) is 0 Å². The smallest absolute Gasteiger partial charge is 0.0795 e. The second-order valence-electron chi connectivity index (χ2n) is 8.23. The van der Waals surface area contributed by atoms with Crippen LogP contribution in [-0.2, 0) is 0 Å². The average Bonchev–Trinajstić information content (AvgIpc) is 2.46. The Balaban J connectivity index is 2.37. The molecular formula is C20H33B. The van der Waals surface area contributed by atoms with Gasteiger partial charge in [0.05, 0.1) is 0 Å². The fraction of sp³-hybridized carbons (Fsp3) is 0.700. The number of hydrogen-bond acceptors (Lipinski definition) is 0. The standard InChI is InChI=1S/C20H33B/c1-14(2)17-12-19(15(3)4)21(20(13-17)16(5)6)18-10-8-7-9-11-18/h7-11,14-17,19-20H,12-13H2,1-6H3. The third-order valence-corrected chi connectivity index (χ3v) is 5.91. The lowest BCUT2D eigenvalue weighted by Crippen LogP contribution is -2.48. The van der Waals surface area contributed by atoms with Gasteiger partial charge in [-0.15, -0.1) is 0 Å². The van der Waals surface area contributed by atoms with E-state index in [1.165, 1.54) is 12.8 Å². The van der Waals surface area contributed by atoms with Gasteiger partial charge in [-0.2, -0.15) is 0 Å². The molecule has 1 aromatic rings. The summed E-state index contributed by atoms with van der Waals surface area (Å²) >= 11 is 0. The highest BCUT2D eigenvalue weighted by molar-refractivity contribution is 6.76. The van der Waals surface area contributed by atoms with Crippen LogP contribution in [0.3, 0.4) is 0 Å². The van der Waals surface area contributed by atoms with Gasteiger partial charge in [0.2, 0.25) is 0 Å². The van der Waals surface area contributed by atoms with Crippen molar-refractivity contribution in [2.45, 2.75) is 66.0 Å². The summed E-state index contributed by atoms with van der Waals surface area (Å²) in [4.78, 5) is 0. The number of hydrogen-bond donors (Lipinski definition) is 0. The Morgan fingerprint density at radius 2 is 1.24 bits per heavy atom. The maximum absolute atomic E-state index is 2.43. The molecule has 0 aromatic heterocycles. The van der Waals surface area contributed by atoms with Gasteiger partial charge in [-0.25, -0.2) is 0 Å². The molecule has 1 aromatic carbocycles. The molecule has 2 rings (SSSR count). The van der Waals surface area contributed by atoms with Crippen molar-refractivity contribution in [1.82, 2.24) is 0 Å². The summed E-state index contributed by atoms with van der Waals surface area (Å²) in [5.74, 6) is 4.95. The summed E-state index contributed by atoms with van der Waals surface area (Å²) in [5, 5.41) is 0. The second kappa shape index (κ2) is 7.03. The Morgan fingerprint density at radius 1 is 0.762 bits per heavy atom. The van der Waals surface area contributed by atoms with Gasteiger partial charge >= 0.3 is 0 Å². The number of rotatable bonds is 4. The second-order valence-corrected chi connectivity index (χ2v) is 8.23. The van der Waals surface area contributed by atoms with E-state index in [0.29, 0.717) is 0 Å². The van der Waals surface area contributed by atoms with Gasteiger partial charge in [-0.3, -0.25) is 0 Å². The minimum Gasteiger partial charge on any atom is -0.0795 e. The highest BCUT2D eigenvalue weighted by Gasteiger charge is 2.44. The van der Waals surface area contributed by atoms with Crippen molar-refractivity contribution < 1.29 is 0 Å². The summed E-state index contributed by atoms with van der Waals surface area (Å²) < 4.78 is 0. The summed E-state index contributed by atoms with van der Waals surface area (Å²) in [7, 11) is 0.